The lowest BCUT2D eigenvalue weighted by molar-refractivity contribution is -0.116. The summed E-state index contributed by atoms with van der Waals surface area (Å²) in [5, 5.41) is 15.0. The van der Waals surface area contributed by atoms with Crippen molar-refractivity contribution in [2.75, 3.05) is 0 Å². The summed E-state index contributed by atoms with van der Waals surface area (Å²) in [6.07, 6.45) is 3.03. The van der Waals surface area contributed by atoms with Crippen LogP contribution in [-0.4, -0.2) is 27.0 Å². The van der Waals surface area contributed by atoms with Crippen LogP contribution >= 0.6 is 22.7 Å². The van der Waals surface area contributed by atoms with Gasteiger partial charge in [-0.25, -0.2) is 14.8 Å². The number of carbonyl (C=O) groups is 2. The van der Waals surface area contributed by atoms with Gasteiger partial charge in [0.1, 0.15) is 9.88 Å². The fraction of sp³-hybridized carbons (Fsp3) is 0.231. The number of carboxylic acids is 1. The van der Waals surface area contributed by atoms with Crippen LogP contribution in [0, 0.1) is 13.8 Å². The molecule has 0 unspecified atom stereocenters. The average molecular weight is 323 g/mol. The van der Waals surface area contributed by atoms with Gasteiger partial charge in [-0.1, -0.05) is 0 Å². The van der Waals surface area contributed by atoms with Gasteiger partial charge in [-0.3, -0.25) is 4.79 Å². The molecule has 0 aliphatic carbocycles. The van der Waals surface area contributed by atoms with Crippen LogP contribution in [0.15, 0.2) is 11.5 Å². The van der Waals surface area contributed by atoms with Gasteiger partial charge >= 0.3 is 5.97 Å². The Morgan fingerprint density at radius 1 is 1.38 bits per heavy atom. The van der Waals surface area contributed by atoms with Crippen LogP contribution in [0.1, 0.15) is 31.1 Å². The van der Waals surface area contributed by atoms with Crippen molar-refractivity contribution in [2.24, 2.45) is 0 Å². The lowest BCUT2D eigenvalue weighted by Crippen LogP contribution is -2.20. The van der Waals surface area contributed by atoms with Crippen molar-refractivity contribution in [1.29, 1.82) is 0 Å². The molecule has 0 bridgehead atoms. The van der Waals surface area contributed by atoms with E-state index in [4.69, 9.17) is 5.11 Å². The second kappa shape index (κ2) is 6.59. The second-order valence-electron chi connectivity index (χ2n) is 4.17. The van der Waals surface area contributed by atoms with Crippen LogP contribution in [-0.2, 0) is 11.3 Å². The Balaban J connectivity index is 1.90. The predicted octanol–water partition coefficient (Wildman–Crippen LogP) is 2.24. The van der Waals surface area contributed by atoms with Crippen LogP contribution in [0.25, 0.3) is 6.08 Å². The molecule has 2 aromatic heterocycles. The Bertz CT molecular complexity index is 703. The first-order valence-corrected chi connectivity index (χ1v) is 7.73. The molecule has 0 saturated carbocycles. The lowest BCUT2D eigenvalue weighted by atomic mass is 10.4. The third-order valence-electron chi connectivity index (χ3n) is 2.49. The van der Waals surface area contributed by atoms with E-state index in [9.17, 15) is 9.59 Å². The summed E-state index contributed by atoms with van der Waals surface area (Å²) in [6.45, 7) is 3.74. The van der Waals surface area contributed by atoms with Crippen LogP contribution in [0.5, 0.6) is 0 Å². The minimum atomic E-state index is -0.999. The first kappa shape index (κ1) is 15.3. The van der Waals surface area contributed by atoms with E-state index < -0.39 is 5.97 Å². The molecule has 8 heteroatoms. The van der Waals surface area contributed by atoms with Crippen molar-refractivity contribution < 1.29 is 14.7 Å². The summed E-state index contributed by atoms with van der Waals surface area (Å²) in [5.41, 5.74) is 1.20. The number of amides is 1. The monoisotopic (exact) mass is 323 g/mol. The number of aromatic carboxylic acids is 1. The number of nitrogens with one attached hydrogen (secondary N) is 1. The Hall–Kier alpha value is -2.06. The quantitative estimate of drug-likeness (QED) is 0.823. The molecule has 0 radical (unpaired) electrons. The standard InChI is InChI=1S/C13H13N3O3S2/c1-7-12(13(18)19)21-11(15-7)5-14-10(17)4-3-9-6-20-8(2)16-9/h3-4,6H,5H2,1-2H3,(H,14,17)(H,18,19). The number of carbonyl (C=O) groups excluding carboxylic acids is 1. The summed E-state index contributed by atoms with van der Waals surface area (Å²) in [4.78, 5) is 31.1. The smallest absolute Gasteiger partial charge is 0.347 e. The van der Waals surface area contributed by atoms with Gasteiger partial charge in [0.25, 0.3) is 0 Å². The molecule has 110 valence electrons. The van der Waals surface area contributed by atoms with Crippen LogP contribution in [0.3, 0.4) is 0 Å². The van der Waals surface area contributed by atoms with Crippen LogP contribution < -0.4 is 5.32 Å². The van der Waals surface area contributed by atoms with Gasteiger partial charge in [-0.2, -0.15) is 0 Å². The number of aromatic nitrogens is 2. The molecule has 0 aliphatic heterocycles. The molecule has 2 N–H and O–H groups in total. The van der Waals surface area contributed by atoms with Crippen molar-refractivity contribution in [3.63, 3.8) is 0 Å². The zero-order chi connectivity index (χ0) is 15.4. The number of hydrogen-bond donors (Lipinski definition) is 2. The molecule has 2 heterocycles. The molecule has 1 amide bonds. The van der Waals surface area contributed by atoms with Gasteiger partial charge in [0.05, 0.1) is 22.9 Å². The fourth-order valence-corrected chi connectivity index (χ4v) is 2.99. The highest BCUT2D eigenvalue weighted by Gasteiger charge is 2.13. The number of carboxylic acid groups (broad SMARTS) is 1. The minimum Gasteiger partial charge on any atom is -0.477 e. The van der Waals surface area contributed by atoms with Crippen LogP contribution in [0.2, 0.25) is 0 Å². The van der Waals surface area contributed by atoms with E-state index in [1.165, 1.54) is 17.4 Å². The molecule has 2 aromatic rings. The molecule has 0 atom stereocenters. The Kier molecular flexibility index (Phi) is 4.81. The van der Waals surface area contributed by atoms with Gasteiger partial charge in [0, 0.05) is 11.5 Å². The molecule has 6 nitrogen and oxygen atoms in total. The maximum atomic E-state index is 11.7. The maximum absolute atomic E-state index is 11.7. The summed E-state index contributed by atoms with van der Waals surface area (Å²) < 4.78 is 0. The summed E-state index contributed by atoms with van der Waals surface area (Å²) in [7, 11) is 0. The average Bonchev–Trinajstić information content (AvgIpc) is 3.00. The molecule has 0 aliphatic rings. The Morgan fingerprint density at radius 3 is 2.71 bits per heavy atom. The van der Waals surface area contributed by atoms with Crippen molar-refractivity contribution in [3.8, 4) is 0 Å². The third-order valence-corrected chi connectivity index (χ3v) is 4.43. The minimum absolute atomic E-state index is 0.202. The molecular weight excluding hydrogens is 310 g/mol. The Labute approximate surface area is 129 Å². The highest BCUT2D eigenvalue weighted by atomic mass is 32.1. The first-order chi connectivity index (χ1) is 9.95. The number of aryl methyl sites for hydroxylation is 2. The zero-order valence-electron chi connectivity index (χ0n) is 11.4. The molecule has 0 fully saturated rings. The maximum Gasteiger partial charge on any atom is 0.347 e. The number of thiazole rings is 2. The lowest BCUT2D eigenvalue weighted by Gasteiger charge is -1.97. The second-order valence-corrected chi connectivity index (χ2v) is 6.32. The number of nitrogens with zero attached hydrogens (tertiary/aromatic N) is 2. The molecule has 0 aromatic carbocycles. The number of hydrogen-bond acceptors (Lipinski definition) is 6. The van der Waals surface area contributed by atoms with Gasteiger partial charge < -0.3 is 10.4 Å². The van der Waals surface area contributed by atoms with E-state index in [2.05, 4.69) is 15.3 Å². The highest BCUT2D eigenvalue weighted by molar-refractivity contribution is 7.13. The molecule has 0 spiro atoms. The summed E-state index contributed by atoms with van der Waals surface area (Å²) in [6, 6.07) is 0. The van der Waals surface area contributed by atoms with Gasteiger partial charge in [0.2, 0.25) is 5.91 Å². The van der Waals surface area contributed by atoms with E-state index in [0.717, 1.165) is 22.0 Å². The molecule has 0 saturated heterocycles. The SMILES string of the molecule is Cc1nc(C=CC(=O)NCc2nc(C)c(C(=O)O)s2)cs1. The predicted molar refractivity (Wildman–Crippen MR) is 81.5 cm³/mol. The molecule has 2 rings (SSSR count). The molecule has 21 heavy (non-hydrogen) atoms. The largest absolute Gasteiger partial charge is 0.477 e. The van der Waals surface area contributed by atoms with E-state index in [1.54, 1.807) is 13.0 Å². The van der Waals surface area contributed by atoms with E-state index in [0.29, 0.717) is 10.7 Å². The summed E-state index contributed by atoms with van der Waals surface area (Å²) >= 11 is 2.58. The van der Waals surface area contributed by atoms with Gasteiger partial charge in [-0.15, -0.1) is 22.7 Å². The van der Waals surface area contributed by atoms with E-state index >= 15 is 0 Å². The normalized spacial score (nSPS) is 11.0. The highest BCUT2D eigenvalue weighted by Crippen LogP contribution is 2.17. The third kappa shape index (κ3) is 4.20. The van der Waals surface area contributed by atoms with Crippen molar-refractivity contribution >= 4 is 40.6 Å². The van der Waals surface area contributed by atoms with E-state index in [1.807, 2.05) is 12.3 Å². The zero-order valence-corrected chi connectivity index (χ0v) is 13.0. The van der Waals surface area contributed by atoms with Gasteiger partial charge in [0.15, 0.2) is 0 Å². The number of rotatable bonds is 5. The van der Waals surface area contributed by atoms with Crippen molar-refractivity contribution in [1.82, 2.24) is 15.3 Å². The molecular formula is C13H13N3O3S2. The first-order valence-electron chi connectivity index (χ1n) is 6.03. The van der Waals surface area contributed by atoms with Crippen molar-refractivity contribution in [3.05, 3.63) is 37.7 Å². The van der Waals surface area contributed by atoms with Crippen LogP contribution in [0.4, 0.5) is 0 Å². The van der Waals surface area contributed by atoms with E-state index in [-0.39, 0.29) is 17.3 Å². The Morgan fingerprint density at radius 2 is 2.14 bits per heavy atom. The van der Waals surface area contributed by atoms with Gasteiger partial charge in [-0.05, 0) is 19.9 Å². The fourth-order valence-electron chi connectivity index (χ4n) is 1.57. The topological polar surface area (TPSA) is 92.2 Å². The summed E-state index contributed by atoms with van der Waals surface area (Å²) in [5.74, 6) is -1.27. The van der Waals surface area contributed by atoms with Crippen molar-refractivity contribution in [2.45, 2.75) is 20.4 Å².